The number of rotatable bonds is 3. The molecule has 1 atom stereocenters. The number of anilines is 1. The van der Waals surface area contributed by atoms with Crippen molar-refractivity contribution in [2.75, 3.05) is 31.6 Å². The molecule has 6 nitrogen and oxygen atoms in total. The van der Waals surface area contributed by atoms with Crippen LogP contribution < -0.4 is 14.8 Å². The van der Waals surface area contributed by atoms with Crippen molar-refractivity contribution in [1.29, 1.82) is 0 Å². The Balaban J connectivity index is 1.32. The number of fused-ring (bicyclic) bond motifs is 2. The zero-order valence-electron chi connectivity index (χ0n) is 17.4. The van der Waals surface area contributed by atoms with Crippen LogP contribution in [0.2, 0.25) is 0 Å². The summed E-state index contributed by atoms with van der Waals surface area (Å²) in [5.74, 6) is 1.97. The molecule has 0 saturated carbocycles. The third-order valence-corrected chi connectivity index (χ3v) is 5.91. The van der Waals surface area contributed by atoms with E-state index in [2.05, 4.69) is 5.32 Å². The highest BCUT2D eigenvalue weighted by molar-refractivity contribution is 5.99. The summed E-state index contributed by atoms with van der Waals surface area (Å²) in [5, 5.41) is 4.56. The molecule has 3 aromatic rings. The zero-order chi connectivity index (χ0) is 20.7. The molecule has 1 N–H and O–H groups in total. The summed E-state index contributed by atoms with van der Waals surface area (Å²) in [6.07, 6.45) is 1.96. The maximum Gasteiger partial charge on any atom is 0.289 e. The van der Waals surface area contributed by atoms with Gasteiger partial charge in [-0.1, -0.05) is 12.1 Å². The predicted octanol–water partition coefficient (Wildman–Crippen LogP) is 4.54. The molecule has 0 aliphatic carbocycles. The highest BCUT2D eigenvalue weighted by atomic mass is 16.6. The molecule has 2 aliphatic rings. The summed E-state index contributed by atoms with van der Waals surface area (Å²) in [6, 6.07) is 12.2. The molecule has 0 radical (unpaired) electrons. The number of aryl methyl sites for hydroxylation is 2. The SMILES string of the molecule is Cc1ccc2c(C)c(C(=O)N3CCCC(Nc4ccc5c(c4)OCCO5)C3)oc2c1. The number of hydrogen-bond donors (Lipinski definition) is 1. The van der Waals surface area contributed by atoms with Crippen molar-refractivity contribution in [3.8, 4) is 11.5 Å². The van der Waals surface area contributed by atoms with Crippen LogP contribution in [-0.4, -0.2) is 43.2 Å². The lowest BCUT2D eigenvalue weighted by molar-refractivity contribution is 0.0684. The summed E-state index contributed by atoms with van der Waals surface area (Å²) in [5.41, 5.74) is 3.79. The van der Waals surface area contributed by atoms with Gasteiger partial charge in [-0.25, -0.2) is 0 Å². The monoisotopic (exact) mass is 406 g/mol. The summed E-state index contributed by atoms with van der Waals surface area (Å²) < 4.78 is 17.2. The molecular formula is C24H26N2O4. The van der Waals surface area contributed by atoms with E-state index in [4.69, 9.17) is 13.9 Å². The number of nitrogens with one attached hydrogen (secondary N) is 1. The van der Waals surface area contributed by atoms with Crippen molar-refractivity contribution in [2.24, 2.45) is 0 Å². The number of hydrogen-bond acceptors (Lipinski definition) is 5. The lowest BCUT2D eigenvalue weighted by atomic mass is 10.0. The van der Waals surface area contributed by atoms with Crippen LogP contribution >= 0.6 is 0 Å². The van der Waals surface area contributed by atoms with Gasteiger partial charge in [0.1, 0.15) is 18.8 Å². The van der Waals surface area contributed by atoms with E-state index >= 15 is 0 Å². The third-order valence-electron chi connectivity index (χ3n) is 5.91. The number of carbonyl (C=O) groups excluding carboxylic acids is 1. The fraction of sp³-hybridized carbons (Fsp3) is 0.375. The Kier molecular flexibility index (Phi) is 4.77. The van der Waals surface area contributed by atoms with Gasteiger partial charge in [0.05, 0.1) is 0 Å². The number of ether oxygens (including phenoxy) is 2. The quantitative estimate of drug-likeness (QED) is 0.692. The van der Waals surface area contributed by atoms with Gasteiger partial charge in [-0.05, 0) is 50.5 Å². The number of piperidine rings is 1. The Hall–Kier alpha value is -3.15. The van der Waals surface area contributed by atoms with Crippen LogP contribution in [0.5, 0.6) is 11.5 Å². The van der Waals surface area contributed by atoms with E-state index in [1.165, 1.54) is 0 Å². The molecule has 3 heterocycles. The molecule has 1 fully saturated rings. The van der Waals surface area contributed by atoms with Gasteiger partial charge in [-0.15, -0.1) is 0 Å². The Morgan fingerprint density at radius 1 is 1.07 bits per heavy atom. The Morgan fingerprint density at radius 3 is 2.77 bits per heavy atom. The number of benzene rings is 2. The topological polar surface area (TPSA) is 63.9 Å². The number of carbonyl (C=O) groups is 1. The summed E-state index contributed by atoms with van der Waals surface area (Å²) in [4.78, 5) is 15.1. The molecule has 6 heteroatoms. The second-order valence-corrected chi connectivity index (χ2v) is 8.15. The minimum absolute atomic E-state index is 0.0324. The fourth-order valence-corrected chi connectivity index (χ4v) is 4.33. The molecule has 2 aromatic carbocycles. The summed E-state index contributed by atoms with van der Waals surface area (Å²) in [6.45, 7) is 6.52. The highest BCUT2D eigenvalue weighted by Crippen LogP contribution is 2.33. The van der Waals surface area contributed by atoms with Crippen molar-refractivity contribution in [3.05, 3.63) is 53.3 Å². The van der Waals surface area contributed by atoms with Crippen LogP contribution in [0.1, 0.15) is 34.5 Å². The average molecular weight is 406 g/mol. The second kappa shape index (κ2) is 7.59. The van der Waals surface area contributed by atoms with Crippen LogP contribution in [0, 0.1) is 13.8 Å². The normalized spacial score (nSPS) is 18.5. The van der Waals surface area contributed by atoms with Crippen LogP contribution in [0.25, 0.3) is 11.0 Å². The van der Waals surface area contributed by atoms with E-state index < -0.39 is 0 Å². The molecule has 1 unspecified atom stereocenters. The first-order chi connectivity index (χ1) is 14.6. The second-order valence-electron chi connectivity index (χ2n) is 8.15. The fourth-order valence-electron chi connectivity index (χ4n) is 4.33. The molecule has 1 aromatic heterocycles. The molecule has 0 spiro atoms. The highest BCUT2D eigenvalue weighted by Gasteiger charge is 2.28. The predicted molar refractivity (Wildman–Crippen MR) is 116 cm³/mol. The summed E-state index contributed by atoms with van der Waals surface area (Å²) >= 11 is 0. The molecular weight excluding hydrogens is 380 g/mol. The van der Waals surface area contributed by atoms with Gasteiger partial charge in [-0.2, -0.15) is 0 Å². The zero-order valence-corrected chi connectivity index (χ0v) is 17.4. The summed E-state index contributed by atoms with van der Waals surface area (Å²) in [7, 11) is 0. The van der Waals surface area contributed by atoms with Crippen molar-refractivity contribution in [2.45, 2.75) is 32.7 Å². The first-order valence-corrected chi connectivity index (χ1v) is 10.5. The van der Waals surface area contributed by atoms with Gasteiger partial charge in [0.2, 0.25) is 0 Å². The van der Waals surface area contributed by atoms with Crippen molar-refractivity contribution in [1.82, 2.24) is 4.90 Å². The van der Waals surface area contributed by atoms with Crippen molar-refractivity contribution >= 4 is 22.6 Å². The molecule has 30 heavy (non-hydrogen) atoms. The average Bonchev–Trinajstić information content (AvgIpc) is 3.09. The van der Waals surface area contributed by atoms with Gasteiger partial charge in [0.25, 0.3) is 5.91 Å². The lowest BCUT2D eigenvalue weighted by Crippen LogP contribution is -2.45. The first kappa shape index (κ1) is 18.9. The van der Waals surface area contributed by atoms with Crippen LogP contribution in [0.4, 0.5) is 5.69 Å². The smallest absolute Gasteiger partial charge is 0.289 e. The van der Waals surface area contributed by atoms with Gasteiger partial charge < -0.3 is 24.1 Å². The van der Waals surface area contributed by atoms with E-state index in [0.717, 1.165) is 58.7 Å². The minimum Gasteiger partial charge on any atom is -0.486 e. The Bertz CT molecular complexity index is 1100. The third kappa shape index (κ3) is 3.47. The number of furan rings is 1. The van der Waals surface area contributed by atoms with Gasteiger partial charge in [0.15, 0.2) is 17.3 Å². The van der Waals surface area contributed by atoms with Crippen LogP contribution in [0.15, 0.2) is 40.8 Å². The van der Waals surface area contributed by atoms with Gasteiger partial charge in [-0.3, -0.25) is 4.79 Å². The molecule has 1 saturated heterocycles. The molecule has 2 aliphatic heterocycles. The largest absolute Gasteiger partial charge is 0.486 e. The van der Waals surface area contributed by atoms with Crippen LogP contribution in [-0.2, 0) is 0 Å². The van der Waals surface area contributed by atoms with E-state index in [9.17, 15) is 4.79 Å². The van der Waals surface area contributed by atoms with Gasteiger partial charge >= 0.3 is 0 Å². The number of amides is 1. The van der Waals surface area contributed by atoms with Crippen molar-refractivity contribution < 1.29 is 18.7 Å². The standard InChI is InChI=1S/C24H26N2O4/c1-15-5-7-19-16(2)23(30-21(19)12-15)24(27)26-9-3-4-18(14-26)25-17-6-8-20-22(13-17)29-11-10-28-20/h5-8,12-13,18,25H,3-4,9-11,14H2,1-2H3. The number of likely N-dealkylation sites (tertiary alicyclic amines) is 1. The lowest BCUT2D eigenvalue weighted by Gasteiger charge is -2.33. The Labute approximate surface area is 175 Å². The van der Waals surface area contributed by atoms with E-state index in [1.54, 1.807) is 0 Å². The molecule has 0 bridgehead atoms. The Morgan fingerprint density at radius 2 is 1.90 bits per heavy atom. The molecule has 156 valence electrons. The maximum absolute atomic E-state index is 13.2. The first-order valence-electron chi connectivity index (χ1n) is 10.5. The van der Waals surface area contributed by atoms with E-state index in [0.29, 0.717) is 25.5 Å². The van der Waals surface area contributed by atoms with Crippen molar-refractivity contribution in [3.63, 3.8) is 0 Å². The number of nitrogens with zero attached hydrogens (tertiary/aromatic N) is 1. The van der Waals surface area contributed by atoms with Crippen LogP contribution in [0.3, 0.4) is 0 Å². The van der Waals surface area contributed by atoms with E-state index in [-0.39, 0.29) is 11.9 Å². The molecule has 5 rings (SSSR count). The molecule has 1 amide bonds. The minimum atomic E-state index is -0.0324. The maximum atomic E-state index is 13.2. The van der Waals surface area contributed by atoms with Gasteiger partial charge in [0, 0.05) is 41.8 Å². The van der Waals surface area contributed by atoms with E-state index in [1.807, 2.05) is 55.1 Å².